The van der Waals surface area contributed by atoms with Gasteiger partial charge in [-0.15, -0.1) is 0 Å². The summed E-state index contributed by atoms with van der Waals surface area (Å²) >= 11 is 0. The van der Waals surface area contributed by atoms with Gasteiger partial charge in [0.1, 0.15) is 18.0 Å². The molecular formula is C21H25NO6. The Kier molecular flexibility index (Phi) is 5.52. The molecule has 7 nitrogen and oxygen atoms in total. The highest BCUT2D eigenvalue weighted by Gasteiger charge is 2.41. The van der Waals surface area contributed by atoms with Gasteiger partial charge in [-0.25, -0.2) is 4.79 Å². The number of ketones is 1. The summed E-state index contributed by atoms with van der Waals surface area (Å²) in [6, 6.07) is 7.39. The van der Waals surface area contributed by atoms with E-state index in [1.54, 1.807) is 18.3 Å². The third-order valence-electron chi connectivity index (χ3n) is 5.64. The highest BCUT2D eigenvalue weighted by Crippen LogP contribution is 2.37. The summed E-state index contributed by atoms with van der Waals surface area (Å²) in [4.78, 5) is 27.0. The van der Waals surface area contributed by atoms with E-state index in [-0.39, 0.29) is 30.0 Å². The van der Waals surface area contributed by atoms with Crippen LogP contribution in [0, 0.1) is 5.92 Å². The van der Waals surface area contributed by atoms with Crippen LogP contribution in [0.1, 0.15) is 24.8 Å². The van der Waals surface area contributed by atoms with Gasteiger partial charge in [0.15, 0.2) is 5.78 Å². The van der Waals surface area contributed by atoms with Crippen molar-refractivity contribution in [2.24, 2.45) is 5.92 Å². The maximum atomic E-state index is 13.0. The Morgan fingerprint density at radius 1 is 1.14 bits per heavy atom. The van der Waals surface area contributed by atoms with Crippen molar-refractivity contribution >= 4 is 17.4 Å². The Morgan fingerprint density at radius 3 is 2.61 bits per heavy atom. The van der Waals surface area contributed by atoms with Crippen LogP contribution in [0.4, 0.5) is 4.79 Å². The van der Waals surface area contributed by atoms with Crippen molar-refractivity contribution in [1.82, 2.24) is 4.90 Å². The number of methoxy groups -OCH3 is 1. The molecule has 1 aliphatic carbocycles. The minimum absolute atomic E-state index is 0.0966. The molecule has 0 radical (unpaired) electrons. The van der Waals surface area contributed by atoms with E-state index >= 15 is 0 Å². The van der Waals surface area contributed by atoms with E-state index in [1.807, 2.05) is 24.3 Å². The molecule has 0 bridgehead atoms. The van der Waals surface area contributed by atoms with E-state index in [0.29, 0.717) is 51.1 Å². The first-order valence-electron chi connectivity index (χ1n) is 9.73. The van der Waals surface area contributed by atoms with Gasteiger partial charge >= 0.3 is 6.09 Å². The molecule has 3 aliphatic rings. The fourth-order valence-electron chi connectivity index (χ4n) is 4.01. The van der Waals surface area contributed by atoms with Crippen molar-refractivity contribution in [3.05, 3.63) is 36.1 Å². The average Bonchev–Trinajstić information content (AvgIpc) is 2.75. The summed E-state index contributed by atoms with van der Waals surface area (Å²) in [6.45, 7) is 2.20. The second kappa shape index (κ2) is 8.22. The third-order valence-corrected chi connectivity index (χ3v) is 5.64. The van der Waals surface area contributed by atoms with Crippen LogP contribution in [0.15, 0.2) is 30.5 Å². The molecule has 0 spiro atoms. The van der Waals surface area contributed by atoms with E-state index in [0.717, 1.165) is 11.3 Å². The van der Waals surface area contributed by atoms with Crippen molar-refractivity contribution in [2.45, 2.75) is 31.5 Å². The van der Waals surface area contributed by atoms with Gasteiger partial charge < -0.3 is 23.8 Å². The number of rotatable bonds is 3. The third kappa shape index (κ3) is 3.85. The molecule has 4 rings (SSSR count). The fourth-order valence-corrected chi connectivity index (χ4v) is 4.01. The SMILES string of the molecule is COc1ccc(C2=COC3CC(OC(=O)N4CCOCC4)CCC3C2=O)cc1. The summed E-state index contributed by atoms with van der Waals surface area (Å²) in [5, 5.41) is 0. The maximum absolute atomic E-state index is 13.0. The number of morpholine rings is 1. The molecule has 1 aromatic rings. The van der Waals surface area contributed by atoms with Crippen LogP contribution >= 0.6 is 0 Å². The highest BCUT2D eigenvalue weighted by molar-refractivity contribution is 6.22. The van der Waals surface area contributed by atoms with Crippen molar-refractivity contribution in [3.8, 4) is 5.75 Å². The number of amides is 1. The summed E-state index contributed by atoms with van der Waals surface area (Å²) in [5.41, 5.74) is 1.41. The van der Waals surface area contributed by atoms with E-state index in [9.17, 15) is 9.59 Å². The Labute approximate surface area is 164 Å². The molecule has 0 N–H and O–H groups in total. The minimum atomic E-state index is -0.302. The molecule has 2 heterocycles. The van der Waals surface area contributed by atoms with E-state index < -0.39 is 0 Å². The molecule has 28 heavy (non-hydrogen) atoms. The van der Waals surface area contributed by atoms with Gasteiger partial charge in [0, 0.05) is 19.5 Å². The van der Waals surface area contributed by atoms with E-state index in [4.69, 9.17) is 18.9 Å². The molecule has 2 aliphatic heterocycles. The monoisotopic (exact) mass is 387 g/mol. The van der Waals surface area contributed by atoms with Crippen molar-refractivity contribution < 1.29 is 28.5 Å². The molecule has 3 unspecified atom stereocenters. The van der Waals surface area contributed by atoms with E-state index in [1.165, 1.54) is 0 Å². The predicted molar refractivity (Wildman–Crippen MR) is 101 cm³/mol. The van der Waals surface area contributed by atoms with Gasteiger partial charge in [-0.05, 0) is 30.5 Å². The molecule has 1 saturated carbocycles. The number of Topliss-reactive ketones (excluding diaryl/α,β-unsaturated/α-hetero) is 1. The molecule has 1 saturated heterocycles. The average molecular weight is 387 g/mol. The van der Waals surface area contributed by atoms with Gasteiger partial charge in [0.2, 0.25) is 0 Å². The topological polar surface area (TPSA) is 74.3 Å². The maximum Gasteiger partial charge on any atom is 0.410 e. The second-order valence-electron chi connectivity index (χ2n) is 7.32. The lowest BCUT2D eigenvalue weighted by molar-refractivity contribution is -0.126. The number of ether oxygens (including phenoxy) is 4. The van der Waals surface area contributed by atoms with Crippen LogP contribution in [0.2, 0.25) is 0 Å². The van der Waals surface area contributed by atoms with E-state index in [2.05, 4.69) is 0 Å². The fraction of sp³-hybridized carbons (Fsp3) is 0.524. The lowest BCUT2D eigenvalue weighted by Crippen LogP contribution is -2.45. The largest absolute Gasteiger partial charge is 0.497 e. The van der Waals surface area contributed by atoms with Gasteiger partial charge in [-0.3, -0.25) is 4.79 Å². The highest BCUT2D eigenvalue weighted by atomic mass is 16.6. The number of carbonyl (C=O) groups excluding carboxylic acids is 2. The summed E-state index contributed by atoms with van der Waals surface area (Å²) in [6.07, 6.45) is 2.64. The Bertz CT molecular complexity index is 753. The Hall–Kier alpha value is -2.54. The number of hydrogen-bond acceptors (Lipinski definition) is 6. The molecule has 0 aromatic heterocycles. The molecule has 1 aromatic carbocycles. The summed E-state index contributed by atoms with van der Waals surface area (Å²) < 4.78 is 22.0. The smallest absolute Gasteiger partial charge is 0.410 e. The van der Waals surface area contributed by atoms with Crippen molar-refractivity contribution in [2.75, 3.05) is 33.4 Å². The Balaban J connectivity index is 1.38. The molecule has 7 heteroatoms. The second-order valence-corrected chi connectivity index (χ2v) is 7.32. The number of carbonyl (C=O) groups is 2. The van der Waals surface area contributed by atoms with Gasteiger partial charge in [-0.2, -0.15) is 0 Å². The standard InChI is InChI=1S/C21H25NO6/c1-25-15-4-2-14(3-5-15)18-13-27-19-12-16(6-7-17(19)20(18)23)28-21(24)22-8-10-26-11-9-22/h2-5,13,16-17,19H,6-12H2,1H3. The van der Waals surface area contributed by atoms with Crippen LogP contribution in [-0.2, 0) is 19.0 Å². The van der Waals surface area contributed by atoms with Crippen LogP contribution in [-0.4, -0.2) is 62.4 Å². The first-order valence-corrected chi connectivity index (χ1v) is 9.73. The van der Waals surface area contributed by atoms with Gasteiger partial charge in [-0.1, -0.05) is 12.1 Å². The van der Waals surface area contributed by atoms with Gasteiger partial charge in [0.05, 0.1) is 38.1 Å². The summed E-state index contributed by atoms with van der Waals surface area (Å²) in [5.74, 6) is 0.647. The first kappa shape index (κ1) is 18.8. The lowest BCUT2D eigenvalue weighted by atomic mass is 9.78. The van der Waals surface area contributed by atoms with Crippen molar-refractivity contribution in [3.63, 3.8) is 0 Å². The number of fused-ring (bicyclic) bond motifs is 1. The van der Waals surface area contributed by atoms with Gasteiger partial charge in [0.25, 0.3) is 0 Å². The summed E-state index contributed by atoms with van der Waals surface area (Å²) in [7, 11) is 1.61. The van der Waals surface area contributed by atoms with Crippen LogP contribution in [0.5, 0.6) is 5.75 Å². The van der Waals surface area contributed by atoms with Crippen LogP contribution in [0.3, 0.4) is 0 Å². The Morgan fingerprint density at radius 2 is 1.89 bits per heavy atom. The zero-order valence-corrected chi connectivity index (χ0v) is 16.0. The molecule has 3 atom stereocenters. The molecule has 2 fully saturated rings. The number of nitrogens with zero attached hydrogens (tertiary/aromatic N) is 1. The van der Waals surface area contributed by atoms with Crippen molar-refractivity contribution in [1.29, 1.82) is 0 Å². The number of allylic oxidation sites excluding steroid dienone is 1. The zero-order valence-electron chi connectivity index (χ0n) is 16.0. The predicted octanol–water partition coefficient (Wildman–Crippen LogP) is 2.64. The molecular weight excluding hydrogens is 362 g/mol. The molecule has 1 amide bonds. The van der Waals surface area contributed by atoms with Crippen LogP contribution in [0.25, 0.3) is 5.57 Å². The number of hydrogen-bond donors (Lipinski definition) is 0. The lowest BCUT2D eigenvalue weighted by Gasteiger charge is -2.38. The van der Waals surface area contributed by atoms with Crippen LogP contribution < -0.4 is 4.74 Å². The zero-order chi connectivity index (χ0) is 19.5. The minimum Gasteiger partial charge on any atom is -0.497 e. The first-order chi connectivity index (χ1) is 13.7. The number of benzene rings is 1. The molecule has 150 valence electrons. The normalized spacial score (nSPS) is 27.3. The quantitative estimate of drug-likeness (QED) is 0.794.